The third-order valence-electron chi connectivity index (χ3n) is 3.86. The monoisotopic (exact) mass is 329 g/mol. The summed E-state index contributed by atoms with van der Waals surface area (Å²) in [7, 11) is 0. The average molecular weight is 329 g/mol. The molecule has 0 atom stereocenters. The van der Waals surface area contributed by atoms with Crippen molar-refractivity contribution in [2.45, 2.75) is 33.2 Å². The summed E-state index contributed by atoms with van der Waals surface area (Å²) in [5, 5.41) is 2.72. The summed E-state index contributed by atoms with van der Waals surface area (Å²) in [6.45, 7) is 5.84. The highest BCUT2D eigenvalue weighted by Crippen LogP contribution is 2.12. The largest absolute Gasteiger partial charge is 0.461 e. The van der Waals surface area contributed by atoms with E-state index in [1.807, 2.05) is 30.7 Å². The van der Waals surface area contributed by atoms with Gasteiger partial charge in [0.15, 0.2) is 0 Å². The number of carbonyl (C=O) groups excluding carboxylic acids is 1. The minimum absolute atomic E-state index is 0.111. The molecule has 0 radical (unpaired) electrons. The Morgan fingerprint density at radius 1 is 1.42 bits per heavy atom. The molecule has 0 spiro atoms. The van der Waals surface area contributed by atoms with E-state index in [0.717, 1.165) is 0 Å². The predicted octanol–water partition coefficient (Wildman–Crippen LogP) is 1.51. The average Bonchev–Trinajstić information content (AvgIpc) is 3.18. The molecular weight excluding hydrogens is 310 g/mol. The maximum absolute atomic E-state index is 12.4. The van der Waals surface area contributed by atoms with Gasteiger partial charge in [-0.1, -0.05) is 0 Å². The van der Waals surface area contributed by atoms with Gasteiger partial charge in [-0.25, -0.2) is 14.8 Å². The summed E-state index contributed by atoms with van der Waals surface area (Å²) in [5.41, 5.74) is 1.37. The predicted molar refractivity (Wildman–Crippen MR) is 87.1 cm³/mol. The highest BCUT2D eigenvalue weighted by atomic mass is 16.5. The summed E-state index contributed by atoms with van der Waals surface area (Å²) in [4.78, 5) is 32.8. The van der Waals surface area contributed by atoms with Crippen molar-refractivity contribution in [2.75, 3.05) is 6.61 Å². The fourth-order valence-electron chi connectivity index (χ4n) is 2.62. The molecule has 1 N–H and O–H groups in total. The van der Waals surface area contributed by atoms with Gasteiger partial charge in [0.1, 0.15) is 12.0 Å². The third kappa shape index (κ3) is 2.82. The number of aromatic amines is 1. The van der Waals surface area contributed by atoms with Crippen LogP contribution in [0.5, 0.6) is 0 Å². The minimum atomic E-state index is -0.401. The number of carbonyl (C=O) groups is 1. The molecule has 0 aliphatic rings. The number of aromatic nitrogens is 5. The fraction of sp³-hybridized carbons (Fsp3) is 0.375. The van der Waals surface area contributed by atoms with Crippen molar-refractivity contribution in [2.24, 2.45) is 0 Å². The quantitative estimate of drug-likeness (QED) is 0.716. The summed E-state index contributed by atoms with van der Waals surface area (Å²) in [6, 6.07) is 3.70. The summed E-state index contributed by atoms with van der Waals surface area (Å²) in [5.74, 6) is -0.0740. The van der Waals surface area contributed by atoms with E-state index in [1.165, 1.54) is 10.8 Å². The van der Waals surface area contributed by atoms with E-state index in [-0.39, 0.29) is 18.2 Å². The SMILES string of the molecule is Cc1nc2nc[nH]n2c(=O)c1CCOC(=O)c1cccn1C(C)C. The Bertz CT molecular complexity index is 935. The first-order chi connectivity index (χ1) is 11.5. The van der Waals surface area contributed by atoms with E-state index >= 15 is 0 Å². The molecule has 8 nitrogen and oxygen atoms in total. The molecule has 0 amide bonds. The molecule has 3 aromatic heterocycles. The van der Waals surface area contributed by atoms with Crippen LogP contribution in [-0.2, 0) is 11.2 Å². The lowest BCUT2D eigenvalue weighted by atomic mass is 10.2. The van der Waals surface area contributed by atoms with Crippen molar-refractivity contribution < 1.29 is 9.53 Å². The van der Waals surface area contributed by atoms with E-state index < -0.39 is 5.97 Å². The smallest absolute Gasteiger partial charge is 0.354 e. The first-order valence-corrected chi connectivity index (χ1v) is 7.74. The standard InChI is InChI=1S/C16H19N5O3/c1-10(2)20-7-4-5-13(20)15(23)24-8-6-12-11(3)19-16-17-9-18-21(16)14(12)22/h4-5,7,9-10H,6,8H2,1-3H3,(H,17,18,19). The van der Waals surface area contributed by atoms with E-state index in [0.29, 0.717) is 29.1 Å². The zero-order valence-electron chi connectivity index (χ0n) is 13.8. The van der Waals surface area contributed by atoms with Crippen LogP contribution in [0.3, 0.4) is 0 Å². The number of hydrogen-bond donors (Lipinski definition) is 1. The number of esters is 1. The number of aryl methyl sites for hydroxylation is 1. The Hall–Kier alpha value is -2.90. The molecule has 0 saturated carbocycles. The van der Waals surface area contributed by atoms with Crippen LogP contribution in [-0.4, -0.2) is 36.7 Å². The van der Waals surface area contributed by atoms with Crippen LogP contribution in [0, 0.1) is 6.92 Å². The van der Waals surface area contributed by atoms with Gasteiger partial charge in [0, 0.05) is 24.2 Å². The van der Waals surface area contributed by atoms with Crippen molar-refractivity contribution in [3.63, 3.8) is 0 Å². The zero-order chi connectivity index (χ0) is 17.3. The molecule has 0 aliphatic carbocycles. The maximum Gasteiger partial charge on any atom is 0.354 e. The zero-order valence-corrected chi connectivity index (χ0v) is 13.8. The van der Waals surface area contributed by atoms with Crippen LogP contribution >= 0.6 is 0 Å². The Morgan fingerprint density at radius 2 is 2.21 bits per heavy atom. The van der Waals surface area contributed by atoms with Crippen molar-refractivity contribution in [3.05, 3.63) is 52.0 Å². The van der Waals surface area contributed by atoms with Gasteiger partial charge in [-0.3, -0.25) is 9.89 Å². The van der Waals surface area contributed by atoms with Crippen molar-refractivity contribution >= 4 is 11.7 Å². The first kappa shape index (κ1) is 16.0. The lowest BCUT2D eigenvalue weighted by Crippen LogP contribution is -2.24. The van der Waals surface area contributed by atoms with Gasteiger partial charge in [-0.15, -0.1) is 0 Å². The topological polar surface area (TPSA) is 94.3 Å². The van der Waals surface area contributed by atoms with Crippen LogP contribution in [0.25, 0.3) is 5.78 Å². The Balaban J connectivity index is 1.72. The Morgan fingerprint density at radius 3 is 2.96 bits per heavy atom. The first-order valence-electron chi connectivity index (χ1n) is 7.74. The highest BCUT2D eigenvalue weighted by Gasteiger charge is 2.16. The molecule has 0 saturated heterocycles. The minimum Gasteiger partial charge on any atom is -0.461 e. The van der Waals surface area contributed by atoms with E-state index in [9.17, 15) is 9.59 Å². The third-order valence-corrected chi connectivity index (χ3v) is 3.86. The molecule has 8 heteroatoms. The Kier molecular flexibility index (Phi) is 4.20. The fourth-order valence-corrected chi connectivity index (χ4v) is 2.62. The molecule has 24 heavy (non-hydrogen) atoms. The molecule has 0 aromatic carbocycles. The van der Waals surface area contributed by atoms with Gasteiger partial charge in [-0.05, 0) is 32.9 Å². The second-order valence-corrected chi connectivity index (χ2v) is 5.78. The molecular formula is C16H19N5O3. The molecule has 3 heterocycles. The van der Waals surface area contributed by atoms with E-state index in [1.54, 1.807) is 13.0 Å². The van der Waals surface area contributed by atoms with Crippen LogP contribution in [0.2, 0.25) is 0 Å². The molecule has 0 unspecified atom stereocenters. The number of H-pyrrole nitrogens is 1. The number of hydrogen-bond acceptors (Lipinski definition) is 5. The molecule has 126 valence electrons. The molecule has 3 rings (SSSR count). The number of nitrogens with one attached hydrogen (secondary N) is 1. The number of nitrogens with zero attached hydrogens (tertiary/aromatic N) is 4. The number of rotatable bonds is 5. The van der Waals surface area contributed by atoms with Crippen molar-refractivity contribution in [1.82, 2.24) is 24.1 Å². The maximum atomic E-state index is 12.4. The second-order valence-electron chi connectivity index (χ2n) is 5.78. The van der Waals surface area contributed by atoms with Gasteiger partial charge in [0.25, 0.3) is 11.3 Å². The lowest BCUT2D eigenvalue weighted by Gasteiger charge is -2.12. The van der Waals surface area contributed by atoms with Gasteiger partial charge >= 0.3 is 5.97 Å². The lowest BCUT2D eigenvalue weighted by molar-refractivity contribution is 0.0494. The van der Waals surface area contributed by atoms with Gasteiger partial charge in [-0.2, -0.15) is 4.52 Å². The van der Waals surface area contributed by atoms with Crippen LogP contribution in [0.4, 0.5) is 0 Å². The molecule has 0 bridgehead atoms. The van der Waals surface area contributed by atoms with E-state index in [4.69, 9.17) is 4.74 Å². The van der Waals surface area contributed by atoms with Crippen LogP contribution in [0.1, 0.15) is 41.6 Å². The highest BCUT2D eigenvalue weighted by molar-refractivity contribution is 5.87. The number of fused-ring (bicyclic) bond motifs is 1. The van der Waals surface area contributed by atoms with Crippen molar-refractivity contribution in [3.8, 4) is 0 Å². The molecule has 3 aromatic rings. The second kappa shape index (κ2) is 6.31. The molecule has 0 aliphatic heterocycles. The molecule has 0 fully saturated rings. The normalized spacial score (nSPS) is 11.3. The summed E-state index contributed by atoms with van der Waals surface area (Å²) in [6.07, 6.45) is 3.55. The van der Waals surface area contributed by atoms with Crippen LogP contribution in [0.15, 0.2) is 29.5 Å². The van der Waals surface area contributed by atoms with Gasteiger partial charge in [0.05, 0.1) is 12.3 Å². The van der Waals surface area contributed by atoms with Crippen molar-refractivity contribution in [1.29, 1.82) is 0 Å². The summed E-state index contributed by atoms with van der Waals surface area (Å²) < 4.78 is 8.44. The number of ether oxygens (including phenoxy) is 1. The summed E-state index contributed by atoms with van der Waals surface area (Å²) >= 11 is 0. The Labute approximate surface area is 138 Å². The van der Waals surface area contributed by atoms with E-state index in [2.05, 4.69) is 15.1 Å². The van der Waals surface area contributed by atoms with Gasteiger partial charge in [0.2, 0.25) is 0 Å². The van der Waals surface area contributed by atoms with Gasteiger partial charge < -0.3 is 9.30 Å². The van der Waals surface area contributed by atoms with Crippen LogP contribution < -0.4 is 5.56 Å².